The number of carbonyl (C=O) groups is 1. The molecule has 4 N–H and O–H groups in total. The fourth-order valence-corrected chi connectivity index (χ4v) is 1.98. The molecule has 0 aromatic heterocycles. The molecule has 0 aliphatic heterocycles. The highest BCUT2D eigenvalue weighted by Crippen LogP contribution is 2.30. The molecule has 98 valence electrons. The summed E-state index contributed by atoms with van der Waals surface area (Å²) >= 11 is 5.94. The molecule has 0 atom stereocenters. The van der Waals surface area contributed by atoms with Gasteiger partial charge in [-0.15, -0.1) is 0 Å². The lowest BCUT2D eigenvalue weighted by Gasteiger charge is -2.24. The molecule has 1 aromatic rings. The summed E-state index contributed by atoms with van der Waals surface area (Å²) in [6.07, 6.45) is 0. The van der Waals surface area contributed by atoms with E-state index in [1.807, 2.05) is 0 Å². The maximum absolute atomic E-state index is 13.1. The standard InChI is InChI=1S/C11H14ClFN4O/c1-3-17(11(18)16-10(14)15)9-6(2)4-7(13)5-8(9)12/h4-5H,3H2,1-2H3,(H4,14,15,16,18). The summed E-state index contributed by atoms with van der Waals surface area (Å²) in [5.41, 5.74) is 6.03. The number of nitrogens with one attached hydrogen (secondary N) is 2. The van der Waals surface area contributed by atoms with Crippen molar-refractivity contribution >= 4 is 29.3 Å². The molecule has 0 radical (unpaired) electrons. The predicted molar refractivity (Wildman–Crippen MR) is 69.6 cm³/mol. The van der Waals surface area contributed by atoms with Crippen LogP contribution >= 0.6 is 11.6 Å². The van der Waals surface area contributed by atoms with E-state index in [9.17, 15) is 9.18 Å². The molecule has 0 aliphatic rings. The zero-order valence-electron chi connectivity index (χ0n) is 10.1. The molecule has 0 bridgehead atoms. The lowest BCUT2D eigenvalue weighted by molar-refractivity contribution is 0.250. The van der Waals surface area contributed by atoms with E-state index in [0.717, 1.165) is 6.07 Å². The van der Waals surface area contributed by atoms with Crippen molar-refractivity contribution in [1.82, 2.24) is 5.32 Å². The highest BCUT2D eigenvalue weighted by Gasteiger charge is 2.19. The SMILES string of the molecule is CCN(C(=O)NC(=N)N)c1c(C)cc(F)cc1Cl. The lowest BCUT2D eigenvalue weighted by Crippen LogP contribution is -2.45. The lowest BCUT2D eigenvalue weighted by atomic mass is 10.1. The molecule has 18 heavy (non-hydrogen) atoms. The maximum atomic E-state index is 13.1. The average molecular weight is 273 g/mol. The van der Waals surface area contributed by atoms with Crippen molar-refractivity contribution in [1.29, 1.82) is 5.41 Å². The molecule has 0 spiro atoms. The number of carbonyl (C=O) groups excluding carboxylic acids is 1. The quantitative estimate of drug-likeness (QED) is 0.570. The first-order chi connectivity index (χ1) is 8.36. The van der Waals surface area contributed by atoms with Gasteiger partial charge in [0.15, 0.2) is 5.96 Å². The first kappa shape index (κ1) is 14.2. The molecule has 0 heterocycles. The molecule has 1 aromatic carbocycles. The minimum absolute atomic E-state index is 0.132. The van der Waals surface area contributed by atoms with Gasteiger partial charge in [0.25, 0.3) is 0 Å². The van der Waals surface area contributed by atoms with Crippen LogP contribution in [-0.2, 0) is 0 Å². The van der Waals surface area contributed by atoms with Gasteiger partial charge in [-0.2, -0.15) is 0 Å². The van der Waals surface area contributed by atoms with Gasteiger partial charge in [0.05, 0.1) is 10.7 Å². The van der Waals surface area contributed by atoms with E-state index in [-0.39, 0.29) is 5.02 Å². The number of nitrogens with zero attached hydrogens (tertiary/aromatic N) is 1. The zero-order valence-corrected chi connectivity index (χ0v) is 10.8. The largest absolute Gasteiger partial charge is 0.370 e. The van der Waals surface area contributed by atoms with E-state index < -0.39 is 17.8 Å². The molecule has 0 saturated carbocycles. The summed E-state index contributed by atoms with van der Waals surface area (Å²) in [5.74, 6) is -0.932. The van der Waals surface area contributed by atoms with E-state index in [2.05, 4.69) is 5.32 Å². The number of aryl methyl sites for hydroxylation is 1. The number of anilines is 1. The van der Waals surface area contributed by atoms with Crippen LogP contribution in [0.25, 0.3) is 0 Å². The van der Waals surface area contributed by atoms with Gasteiger partial charge in [0, 0.05) is 6.54 Å². The van der Waals surface area contributed by atoms with Crippen molar-refractivity contribution in [3.63, 3.8) is 0 Å². The summed E-state index contributed by atoms with van der Waals surface area (Å²) in [6.45, 7) is 3.69. The van der Waals surface area contributed by atoms with Gasteiger partial charge in [-0.3, -0.25) is 15.6 Å². The maximum Gasteiger partial charge on any atom is 0.328 e. The molecule has 0 aliphatic carbocycles. The third kappa shape index (κ3) is 3.10. The van der Waals surface area contributed by atoms with Crippen LogP contribution in [0.4, 0.5) is 14.9 Å². The Morgan fingerprint density at radius 2 is 2.22 bits per heavy atom. The Hall–Kier alpha value is -1.82. The summed E-state index contributed by atoms with van der Waals surface area (Å²) in [7, 11) is 0. The van der Waals surface area contributed by atoms with Crippen molar-refractivity contribution in [2.45, 2.75) is 13.8 Å². The normalized spacial score (nSPS) is 10.0. The van der Waals surface area contributed by atoms with Gasteiger partial charge in [0.2, 0.25) is 0 Å². The molecule has 0 fully saturated rings. The van der Waals surface area contributed by atoms with Crippen LogP contribution in [0.15, 0.2) is 12.1 Å². The Kier molecular flexibility index (Phi) is 4.49. The van der Waals surface area contributed by atoms with Crippen LogP contribution in [0, 0.1) is 18.2 Å². The Morgan fingerprint density at radius 3 is 2.67 bits per heavy atom. The molecule has 7 heteroatoms. The van der Waals surface area contributed by atoms with Crippen LogP contribution in [0.1, 0.15) is 12.5 Å². The van der Waals surface area contributed by atoms with E-state index in [4.69, 9.17) is 22.7 Å². The van der Waals surface area contributed by atoms with E-state index >= 15 is 0 Å². The third-order valence-corrected chi connectivity index (χ3v) is 2.58. The molecule has 1 rings (SSSR count). The van der Waals surface area contributed by atoms with Gasteiger partial charge in [-0.05, 0) is 31.5 Å². The van der Waals surface area contributed by atoms with Crippen molar-refractivity contribution < 1.29 is 9.18 Å². The Balaban J connectivity index is 3.17. The number of halogens is 2. The van der Waals surface area contributed by atoms with Crippen molar-refractivity contribution in [2.75, 3.05) is 11.4 Å². The second-order valence-corrected chi connectivity index (χ2v) is 4.05. The Morgan fingerprint density at radius 1 is 1.61 bits per heavy atom. The number of guanidine groups is 1. The highest BCUT2D eigenvalue weighted by molar-refractivity contribution is 6.34. The number of urea groups is 1. The number of amides is 2. The van der Waals surface area contributed by atoms with Crippen molar-refractivity contribution in [3.05, 3.63) is 28.5 Å². The van der Waals surface area contributed by atoms with Crippen molar-refractivity contribution in [2.24, 2.45) is 5.73 Å². The smallest absolute Gasteiger partial charge is 0.328 e. The summed E-state index contributed by atoms with van der Waals surface area (Å²) < 4.78 is 13.1. The fourth-order valence-electron chi connectivity index (χ4n) is 1.62. The second-order valence-electron chi connectivity index (χ2n) is 3.64. The van der Waals surface area contributed by atoms with Gasteiger partial charge in [0.1, 0.15) is 5.82 Å². The molecule has 0 saturated heterocycles. The van der Waals surface area contributed by atoms with E-state index in [0.29, 0.717) is 17.8 Å². The van der Waals surface area contributed by atoms with E-state index in [1.165, 1.54) is 11.0 Å². The Bertz CT molecular complexity index is 469. The van der Waals surface area contributed by atoms with Gasteiger partial charge < -0.3 is 5.73 Å². The van der Waals surface area contributed by atoms with E-state index in [1.54, 1.807) is 13.8 Å². The number of hydrogen-bond acceptors (Lipinski definition) is 2. The topological polar surface area (TPSA) is 82.2 Å². The molecule has 0 unspecified atom stereocenters. The molecular weight excluding hydrogens is 259 g/mol. The number of nitrogens with two attached hydrogens (primary N) is 1. The van der Waals surface area contributed by atoms with Crippen LogP contribution in [0.2, 0.25) is 5.02 Å². The Labute approximate surface area is 109 Å². The monoisotopic (exact) mass is 272 g/mol. The average Bonchev–Trinajstić information content (AvgIpc) is 2.21. The zero-order chi connectivity index (χ0) is 13.9. The summed E-state index contributed by atoms with van der Waals surface area (Å²) in [4.78, 5) is 13.1. The molecule has 5 nitrogen and oxygen atoms in total. The minimum Gasteiger partial charge on any atom is -0.370 e. The second kappa shape index (κ2) is 5.68. The van der Waals surface area contributed by atoms with Crippen LogP contribution < -0.4 is 16.0 Å². The first-order valence-corrected chi connectivity index (χ1v) is 5.62. The van der Waals surface area contributed by atoms with Crippen LogP contribution in [0.3, 0.4) is 0 Å². The molecule has 2 amide bonds. The van der Waals surface area contributed by atoms with Gasteiger partial charge in [-0.1, -0.05) is 11.6 Å². The van der Waals surface area contributed by atoms with Gasteiger partial charge in [-0.25, -0.2) is 9.18 Å². The number of hydrogen-bond donors (Lipinski definition) is 3. The molecular formula is C11H14ClFN4O. The summed E-state index contributed by atoms with van der Waals surface area (Å²) in [6, 6.07) is 1.83. The number of rotatable bonds is 2. The number of benzene rings is 1. The van der Waals surface area contributed by atoms with Crippen LogP contribution in [0.5, 0.6) is 0 Å². The summed E-state index contributed by atoms with van der Waals surface area (Å²) in [5, 5.41) is 9.31. The minimum atomic E-state index is -0.582. The van der Waals surface area contributed by atoms with Gasteiger partial charge >= 0.3 is 6.03 Å². The third-order valence-electron chi connectivity index (χ3n) is 2.29. The highest BCUT2D eigenvalue weighted by atomic mass is 35.5. The van der Waals surface area contributed by atoms with Crippen molar-refractivity contribution in [3.8, 4) is 0 Å². The predicted octanol–water partition coefficient (Wildman–Crippen LogP) is 2.22. The fraction of sp³-hybridized carbons (Fsp3) is 0.273. The first-order valence-electron chi connectivity index (χ1n) is 5.25. The van der Waals surface area contributed by atoms with Crippen LogP contribution in [-0.4, -0.2) is 18.5 Å².